The molecule has 2 nitrogen and oxygen atoms in total. The van der Waals surface area contributed by atoms with Crippen LogP contribution >= 0.6 is 0 Å². The second kappa shape index (κ2) is 6.75. The van der Waals surface area contributed by atoms with E-state index in [0.29, 0.717) is 11.5 Å². The van der Waals surface area contributed by atoms with Crippen LogP contribution < -0.4 is 5.32 Å². The Kier molecular flexibility index (Phi) is 5.94. The van der Waals surface area contributed by atoms with E-state index in [4.69, 9.17) is 0 Å². The molecule has 0 radical (unpaired) electrons. The van der Waals surface area contributed by atoms with Crippen LogP contribution in [0.2, 0.25) is 0 Å². The fourth-order valence-corrected chi connectivity index (χ4v) is 3.43. The van der Waals surface area contributed by atoms with Crippen molar-refractivity contribution < 1.29 is 0 Å². The van der Waals surface area contributed by atoms with Gasteiger partial charge in [0.1, 0.15) is 0 Å². The maximum absolute atomic E-state index is 3.56. The zero-order valence-corrected chi connectivity index (χ0v) is 12.6. The van der Waals surface area contributed by atoms with Crippen LogP contribution in [0.25, 0.3) is 0 Å². The van der Waals surface area contributed by atoms with E-state index in [1.807, 2.05) is 0 Å². The van der Waals surface area contributed by atoms with Crippen molar-refractivity contribution in [3.63, 3.8) is 0 Å². The first-order valence-corrected chi connectivity index (χ1v) is 7.44. The molecule has 0 aromatic carbocycles. The van der Waals surface area contributed by atoms with E-state index in [2.05, 4.69) is 45.0 Å². The molecular weight excluding hydrogens is 208 g/mol. The van der Waals surface area contributed by atoms with E-state index in [-0.39, 0.29) is 0 Å². The van der Waals surface area contributed by atoms with E-state index in [9.17, 15) is 0 Å². The lowest BCUT2D eigenvalue weighted by Crippen LogP contribution is -2.44. The summed E-state index contributed by atoms with van der Waals surface area (Å²) < 4.78 is 0. The molecule has 1 fully saturated rings. The van der Waals surface area contributed by atoms with Crippen molar-refractivity contribution >= 4 is 0 Å². The summed E-state index contributed by atoms with van der Waals surface area (Å²) in [6.07, 6.45) is 5.41. The third-order valence-electron chi connectivity index (χ3n) is 4.55. The quantitative estimate of drug-likeness (QED) is 0.735. The van der Waals surface area contributed by atoms with E-state index in [1.54, 1.807) is 0 Å². The van der Waals surface area contributed by atoms with Crippen molar-refractivity contribution in [3.8, 4) is 0 Å². The van der Waals surface area contributed by atoms with Gasteiger partial charge in [-0.25, -0.2) is 0 Å². The molecule has 1 saturated carbocycles. The molecule has 0 aromatic rings. The zero-order valence-electron chi connectivity index (χ0n) is 12.6. The lowest BCUT2D eigenvalue weighted by atomic mass is 9.85. The summed E-state index contributed by atoms with van der Waals surface area (Å²) in [6.45, 7) is 13.2. The number of hydrogen-bond donors (Lipinski definition) is 1. The summed E-state index contributed by atoms with van der Waals surface area (Å²) in [4.78, 5) is 2.64. The maximum Gasteiger partial charge on any atom is 0.0156 e. The average Bonchev–Trinajstić information content (AvgIpc) is 2.59. The van der Waals surface area contributed by atoms with Crippen LogP contribution in [-0.2, 0) is 0 Å². The van der Waals surface area contributed by atoms with Crippen LogP contribution in [0.3, 0.4) is 0 Å². The number of hydrogen-bond acceptors (Lipinski definition) is 2. The molecule has 0 aliphatic heterocycles. The van der Waals surface area contributed by atoms with Crippen molar-refractivity contribution in [2.24, 2.45) is 11.3 Å². The van der Waals surface area contributed by atoms with E-state index < -0.39 is 0 Å². The Morgan fingerprint density at radius 3 is 2.53 bits per heavy atom. The van der Waals surface area contributed by atoms with Crippen molar-refractivity contribution in [1.29, 1.82) is 0 Å². The van der Waals surface area contributed by atoms with Crippen LogP contribution in [-0.4, -0.2) is 37.6 Å². The second-order valence-corrected chi connectivity index (χ2v) is 6.30. The van der Waals surface area contributed by atoms with Crippen molar-refractivity contribution in [3.05, 3.63) is 0 Å². The summed E-state index contributed by atoms with van der Waals surface area (Å²) in [7, 11) is 2.13. The largest absolute Gasteiger partial charge is 0.316 e. The Morgan fingerprint density at radius 1 is 1.29 bits per heavy atom. The molecule has 0 spiro atoms. The van der Waals surface area contributed by atoms with Crippen LogP contribution in [0.4, 0.5) is 0 Å². The van der Waals surface area contributed by atoms with Crippen LogP contribution in [0.5, 0.6) is 0 Å². The average molecular weight is 240 g/mol. The van der Waals surface area contributed by atoms with Gasteiger partial charge in [0, 0.05) is 12.6 Å². The Bertz CT molecular complexity index is 213. The fraction of sp³-hybridized carbons (Fsp3) is 1.00. The second-order valence-electron chi connectivity index (χ2n) is 6.30. The summed E-state index contributed by atoms with van der Waals surface area (Å²) in [5.74, 6) is 0.840. The molecule has 1 rings (SSSR count). The molecule has 2 heteroatoms. The number of nitrogens with one attached hydrogen (secondary N) is 1. The third-order valence-corrected chi connectivity index (χ3v) is 4.55. The molecular formula is C15H32N2. The van der Waals surface area contributed by atoms with Crippen molar-refractivity contribution in [2.45, 2.75) is 59.4 Å². The highest BCUT2D eigenvalue weighted by Crippen LogP contribution is 2.41. The Morgan fingerprint density at radius 2 is 2.00 bits per heavy atom. The van der Waals surface area contributed by atoms with Gasteiger partial charge in [-0.05, 0) is 50.7 Å². The molecule has 2 unspecified atom stereocenters. The number of rotatable bonds is 7. The Hall–Kier alpha value is -0.0800. The number of nitrogens with zero attached hydrogens (tertiary/aromatic N) is 1. The smallest absolute Gasteiger partial charge is 0.0156 e. The van der Waals surface area contributed by atoms with Crippen LogP contribution in [0.15, 0.2) is 0 Å². The van der Waals surface area contributed by atoms with Gasteiger partial charge < -0.3 is 10.2 Å². The number of unbranched alkanes of at least 4 members (excludes halogenated alkanes) is 1. The lowest BCUT2D eigenvalue weighted by molar-refractivity contribution is 0.192. The maximum atomic E-state index is 3.56. The molecule has 17 heavy (non-hydrogen) atoms. The lowest BCUT2D eigenvalue weighted by Gasteiger charge is -2.33. The molecule has 0 bridgehead atoms. The highest BCUT2D eigenvalue weighted by atomic mass is 15.1. The summed E-state index contributed by atoms with van der Waals surface area (Å²) >= 11 is 0. The molecule has 0 heterocycles. The van der Waals surface area contributed by atoms with Gasteiger partial charge in [0.25, 0.3) is 0 Å². The van der Waals surface area contributed by atoms with Gasteiger partial charge in [-0.15, -0.1) is 0 Å². The summed E-state index contributed by atoms with van der Waals surface area (Å²) in [6, 6.07) is 0.693. The zero-order chi connectivity index (χ0) is 12.9. The van der Waals surface area contributed by atoms with Crippen LogP contribution in [0.1, 0.15) is 53.4 Å². The van der Waals surface area contributed by atoms with Gasteiger partial charge in [0.2, 0.25) is 0 Å². The van der Waals surface area contributed by atoms with Gasteiger partial charge >= 0.3 is 0 Å². The topological polar surface area (TPSA) is 15.3 Å². The first-order valence-electron chi connectivity index (χ1n) is 7.44. The van der Waals surface area contributed by atoms with E-state index in [0.717, 1.165) is 5.92 Å². The Labute approximate surface area is 108 Å². The SMILES string of the molecule is CCCCN(CC)CC1CCC(C)(C)C1NC. The first-order chi connectivity index (χ1) is 8.05. The summed E-state index contributed by atoms with van der Waals surface area (Å²) in [5, 5.41) is 3.56. The van der Waals surface area contributed by atoms with Gasteiger partial charge in [-0.3, -0.25) is 0 Å². The van der Waals surface area contributed by atoms with Gasteiger partial charge in [-0.1, -0.05) is 34.1 Å². The van der Waals surface area contributed by atoms with Crippen molar-refractivity contribution in [2.75, 3.05) is 26.7 Å². The van der Waals surface area contributed by atoms with Crippen molar-refractivity contribution in [1.82, 2.24) is 10.2 Å². The highest BCUT2D eigenvalue weighted by molar-refractivity contribution is 4.96. The molecule has 102 valence electrons. The minimum absolute atomic E-state index is 0.476. The van der Waals surface area contributed by atoms with E-state index in [1.165, 1.54) is 45.3 Å². The van der Waals surface area contributed by atoms with Gasteiger partial charge in [-0.2, -0.15) is 0 Å². The minimum Gasteiger partial charge on any atom is -0.316 e. The molecule has 1 aliphatic rings. The third kappa shape index (κ3) is 3.96. The Balaban J connectivity index is 2.49. The first kappa shape index (κ1) is 15.0. The monoisotopic (exact) mass is 240 g/mol. The predicted octanol–water partition coefficient (Wildman–Crippen LogP) is 3.13. The molecule has 0 amide bonds. The van der Waals surface area contributed by atoms with Gasteiger partial charge in [0.15, 0.2) is 0 Å². The molecule has 2 atom stereocenters. The molecule has 1 aliphatic carbocycles. The minimum atomic E-state index is 0.476. The molecule has 0 saturated heterocycles. The predicted molar refractivity (Wildman–Crippen MR) is 76.4 cm³/mol. The normalized spacial score (nSPS) is 27.9. The van der Waals surface area contributed by atoms with Gasteiger partial charge in [0.05, 0.1) is 0 Å². The molecule has 1 N–H and O–H groups in total. The fourth-order valence-electron chi connectivity index (χ4n) is 3.43. The van der Waals surface area contributed by atoms with E-state index >= 15 is 0 Å². The standard InChI is InChI=1S/C15H32N2/c1-6-8-11-17(7-2)12-13-9-10-15(3,4)14(13)16-5/h13-14,16H,6-12H2,1-5H3. The highest BCUT2D eigenvalue weighted by Gasteiger charge is 2.41. The van der Waals surface area contributed by atoms with Crippen LogP contribution in [0, 0.1) is 11.3 Å². The molecule has 0 aromatic heterocycles. The summed E-state index contributed by atoms with van der Waals surface area (Å²) in [5.41, 5.74) is 0.476.